The second kappa shape index (κ2) is 4.11. The molecule has 0 fully saturated rings. The van der Waals surface area contributed by atoms with Gasteiger partial charge in [0.25, 0.3) is 0 Å². The number of amides is 1. The third kappa shape index (κ3) is 2.17. The van der Waals surface area contributed by atoms with E-state index in [1.165, 1.54) is 0 Å². The van der Waals surface area contributed by atoms with E-state index in [1.807, 2.05) is 23.5 Å². The first-order valence-electron chi connectivity index (χ1n) is 5.59. The largest absolute Gasteiger partial charge is 0.488 e. The molecule has 17 heavy (non-hydrogen) atoms. The molecule has 0 radical (unpaired) electrons. The Morgan fingerprint density at radius 2 is 2.24 bits per heavy atom. The Kier molecular flexibility index (Phi) is 2.91. The minimum absolute atomic E-state index is 0.157. The van der Waals surface area contributed by atoms with Crippen molar-refractivity contribution in [3.63, 3.8) is 0 Å². The SMILES string of the molecule is BC(B)(B)N1C(=O)[C@@H](N)COc2cccnc21. The zero-order valence-corrected chi connectivity index (χ0v) is 10.3. The number of nitrogens with zero attached hydrogens (tertiary/aromatic N) is 2. The smallest absolute Gasteiger partial charge is 0.247 e. The topological polar surface area (TPSA) is 68.5 Å². The Bertz CT molecular complexity index is 449. The number of ether oxygens (including phenoxy) is 1. The predicted molar refractivity (Wildman–Crippen MR) is 73.6 cm³/mol. The fourth-order valence-electron chi connectivity index (χ4n) is 1.83. The molecule has 0 saturated carbocycles. The molecule has 0 saturated heterocycles. The number of rotatable bonds is 1. The van der Waals surface area contributed by atoms with Crippen LogP contribution in [0.1, 0.15) is 0 Å². The monoisotopic (exact) mass is 229 g/mol. The van der Waals surface area contributed by atoms with E-state index >= 15 is 0 Å². The van der Waals surface area contributed by atoms with Crippen LogP contribution in [-0.4, -0.2) is 52.3 Å². The van der Waals surface area contributed by atoms with Crippen molar-refractivity contribution >= 4 is 35.3 Å². The minimum atomic E-state index is -0.650. The van der Waals surface area contributed by atoms with Crippen LogP contribution in [0.25, 0.3) is 0 Å². The van der Waals surface area contributed by atoms with Gasteiger partial charge in [-0.1, -0.05) is 0 Å². The molecule has 5 nitrogen and oxygen atoms in total. The Balaban J connectivity index is 2.55. The summed E-state index contributed by atoms with van der Waals surface area (Å²) in [5.74, 6) is 0.983. The average molecular weight is 229 g/mol. The van der Waals surface area contributed by atoms with E-state index in [9.17, 15) is 4.79 Å². The van der Waals surface area contributed by atoms with Crippen molar-refractivity contribution in [1.29, 1.82) is 0 Å². The number of carbonyl (C=O) groups is 1. The quantitative estimate of drug-likeness (QED) is 0.510. The molecular formula is C9H14B3N3O2. The number of aromatic nitrogens is 1. The molecule has 1 aromatic heterocycles. The maximum absolute atomic E-state index is 12.2. The minimum Gasteiger partial charge on any atom is -0.488 e. The summed E-state index contributed by atoms with van der Waals surface area (Å²) in [6.45, 7) is 0.185. The number of anilines is 1. The van der Waals surface area contributed by atoms with Gasteiger partial charge in [0.15, 0.2) is 11.6 Å². The van der Waals surface area contributed by atoms with Gasteiger partial charge in [0.05, 0.1) is 0 Å². The highest BCUT2D eigenvalue weighted by atomic mass is 16.5. The Labute approximate surface area is 103 Å². The molecule has 2 heterocycles. The van der Waals surface area contributed by atoms with E-state index in [0.29, 0.717) is 11.6 Å². The second-order valence-electron chi connectivity index (χ2n) is 5.09. The first-order valence-corrected chi connectivity index (χ1v) is 5.59. The summed E-state index contributed by atoms with van der Waals surface area (Å²) < 4.78 is 5.51. The standard InChI is InChI=1S/C9H14B3N3O2/c10-9(11,12)15-7-6(2-1-3-14-7)17-4-5(13)8(15)16/h1-3,5H,4,10-13H2/t5-/m0/s1. The Morgan fingerprint density at radius 3 is 2.88 bits per heavy atom. The molecule has 1 aliphatic heterocycles. The lowest BCUT2D eigenvalue weighted by Gasteiger charge is -2.35. The van der Waals surface area contributed by atoms with Crippen LogP contribution in [-0.2, 0) is 4.79 Å². The van der Waals surface area contributed by atoms with Crippen LogP contribution >= 0.6 is 0 Å². The fraction of sp³-hybridized carbons (Fsp3) is 0.333. The van der Waals surface area contributed by atoms with Crippen LogP contribution in [0.3, 0.4) is 0 Å². The molecule has 0 aliphatic carbocycles. The number of hydrogen-bond donors (Lipinski definition) is 1. The van der Waals surface area contributed by atoms with E-state index in [-0.39, 0.29) is 17.8 Å². The molecule has 2 rings (SSSR count). The number of fused-ring (bicyclic) bond motifs is 1. The van der Waals surface area contributed by atoms with Crippen LogP contribution in [0.15, 0.2) is 18.3 Å². The number of hydrogen-bond acceptors (Lipinski definition) is 4. The highest BCUT2D eigenvalue weighted by molar-refractivity contribution is 6.62. The summed E-state index contributed by atoms with van der Waals surface area (Å²) in [5.41, 5.74) is 5.80. The number of carbonyl (C=O) groups excluding carboxylic acids is 1. The first kappa shape index (κ1) is 12.0. The summed E-state index contributed by atoms with van der Waals surface area (Å²) in [5, 5.41) is -0.383. The van der Waals surface area contributed by atoms with Crippen LogP contribution in [0.5, 0.6) is 5.75 Å². The predicted octanol–water partition coefficient (Wildman–Crippen LogP) is -3.36. The van der Waals surface area contributed by atoms with Crippen molar-refractivity contribution in [3.05, 3.63) is 18.3 Å². The lowest BCUT2D eigenvalue weighted by atomic mass is 9.48. The maximum Gasteiger partial charge on any atom is 0.247 e. The number of pyridine rings is 1. The van der Waals surface area contributed by atoms with Crippen LogP contribution in [0.4, 0.5) is 5.82 Å². The summed E-state index contributed by atoms with van der Waals surface area (Å²) in [6.07, 6.45) is 1.64. The lowest BCUT2D eigenvalue weighted by molar-refractivity contribution is -0.120. The summed E-state index contributed by atoms with van der Waals surface area (Å²) in [4.78, 5) is 18.1. The molecule has 1 aromatic rings. The maximum atomic E-state index is 12.2. The average Bonchev–Trinajstić information content (AvgIpc) is 2.37. The molecule has 0 spiro atoms. The zero-order chi connectivity index (χ0) is 12.6. The van der Waals surface area contributed by atoms with Gasteiger partial charge in [0.2, 0.25) is 5.91 Å². The molecular weight excluding hydrogens is 215 g/mol. The van der Waals surface area contributed by atoms with Crippen LogP contribution < -0.4 is 15.4 Å². The Hall–Kier alpha value is -1.43. The fourth-order valence-corrected chi connectivity index (χ4v) is 1.83. The molecule has 1 atom stereocenters. The van der Waals surface area contributed by atoms with Gasteiger partial charge in [-0.2, -0.15) is 0 Å². The Morgan fingerprint density at radius 1 is 1.53 bits per heavy atom. The lowest BCUT2D eigenvalue weighted by Crippen LogP contribution is -2.58. The van der Waals surface area contributed by atoms with Gasteiger partial charge in [0, 0.05) is 6.20 Å². The van der Waals surface area contributed by atoms with Crippen molar-refractivity contribution in [2.45, 2.75) is 11.3 Å². The van der Waals surface area contributed by atoms with Gasteiger partial charge in [-0.15, -0.1) is 0 Å². The van der Waals surface area contributed by atoms with E-state index in [0.717, 1.165) is 0 Å². The van der Waals surface area contributed by atoms with Crippen LogP contribution in [0.2, 0.25) is 0 Å². The van der Waals surface area contributed by atoms with Crippen molar-refractivity contribution in [2.24, 2.45) is 5.73 Å². The van der Waals surface area contributed by atoms with E-state index in [2.05, 4.69) is 4.98 Å². The normalized spacial score (nSPS) is 20.4. The molecule has 0 bridgehead atoms. The van der Waals surface area contributed by atoms with Crippen molar-refractivity contribution < 1.29 is 9.53 Å². The molecule has 86 valence electrons. The van der Waals surface area contributed by atoms with Gasteiger partial charge >= 0.3 is 0 Å². The van der Waals surface area contributed by atoms with Gasteiger partial charge in [0.1, 0.15) is 36.2 Å². The summed E-state index contributed by atoms with van der Waals surface area (Å²) in [6, 6.07) is 2.93. The van der Waals surface area contributed by atoms with Crippen LogP contribution in [0, 0.1) is 0 Å². The van der Waals surface area contributed by atoms with E-state index in [1.54, 1.807) is 23.2 Å². The van der Waals surface area contributed by atoms with Gasteiger partial charge in [-0.3, -0.25) is 4.79 Å². The molecule has 8 heteroatoms. The first-order chi connectivity index (χ1) is 7.91. The van der Waals surface area contributed by atoms with Crippen molar-refractivity contribution in [2.75, 3.05) is 11.5 Å². The van der Waals surface area contributed by atoms with Gasteiger partial charge in [-0.05, 0) is 17.4 Å². The van der Waals surface area contributed by atoms with Crippen molar-refractivity contribution in [1.82, 2.24) is 4.98 Å². The number of nitrogens with two attached hydrogens (primary N) is 1. The van der Waals surface area contributed by atoms with Gasteiger partial charge in [-0.25, -0.2) is 4.98 Å². The highest BCUT2D eigenvalue weighted by Crippen LogP contribution is 2.30. The molecule has 1 aliphatic rings. The summed E-state index contributed by atoms with van der Waals surface area (Å²) in [7, 11) is 5.84. The highest BCUT2D eigenvalue weighted by Gasteiger charge is 2.36. The zero-order valence-electron chi connectivity index (χ0n) is 10.3. The molecule has 0 unspecified atom stereocenters. The van der Waals surface area contributed by atoms with Crippen molar-refractivity contribution in [3.8, 4) is 5.75 Å². The van der Waals surface area contributed by atoms with E-state index < -0.39 is 6.04 Å². The molecule has 1 amide bonds. The molecule has 2 N–H and O–H groups in total. The third-order valence-electron chi connectivity index (χ3n) is 2.59. The third-order valence-corrected chi connectivity index (χ3v) is 2.59. The van der Waals surface area contributed by atoms with Gasteiger partial charge < -0.3 is 15.4 Å². The van der Waals surface area contributed by atoms with E-state index in [4.69, 9.17) is 10.5 Å². The summed E-state index contributed by atoms with van der Waals surface area (Å²) >= 11 is 0. The molecule has 0 aromatic carbocycles. The second-order valence-corrected chi connectivity index (χ2v) is 5.09.